The van der Waals surface area contributed by atoms with Crippen molar-refractivity contribution in [1.82, 2.24) is 9.97 Å². The van der Waals surface area contributed by atoms with Crippen molar-refractivity contribution in [2.45, 2.75) is 19.7 Å². The predicted molar refractivity (Wildman–Crippen MR) is 44.2 cm³/mol. The Kier molecular flexibility index (Phi) is 6.47. The molecule has 0 aliphatic rings. The topological polar surface area (TPSA) is 25.8 Å². The molecule has 7 heteroatoms. The molecule has 1 heterocycles. The molecule has 0 aliphatic carbocycles. The molecule has 0 saturated carbocycles. The first-order valence-corrected chi connectivity index (χ1v) is 4.02. The van der Waals surface area contributed by atoms with Crippen LogP contribution in [0.15, 0.2) is 12.4 Å². The van der Waals surface area contributed by atoms with Crippen LogP contribution in [0.1, 0.15) is 18.3 Å². The maximum Gasteiger partial charge on any atom is 1.00 e. The average molecular weight is 228 g/mol. The number of nitrogens with zero attached hydrogens (tertiary/aromatic N) is 2. The summed E-state index contributed by atoms with van der Waals surface area (Å²) < 4.78 is 35.8. The maximum atomic E-state index is 11.9. The van der Waals surface area contributed by atoms with Crippen LogP contribution in [-0.2, 0) is 12.7 Å². The summed E-state index contributed by atoms with van der Waals surface area (Å²) in [5, 5.41) is 0. The van der Waals surface area contributed by atoms with Crippen LogP contribution in [0.4, 0.5) is 12.9 Å². The smallest absolute Gasteiger partial charge is 0.449 e. The molecule has 1 rings (SSSR count). The Labute approximate surface area is 123 Å². The van der Waals surface area contributed by atoms with Gasteiger partial charge in [-0.05, 0) is 5.56 Å². The minimum Gasteiger partial charge on any atom is -0.449 e. The Balaban J connectivity index is 0.00000169. The third kappa shape index (κ3) is 5.45. The van der Waals surface area contributed by atoms with Crippen molar-refractivity contribution in [3.05, 3.63) is 23.8 Å². The molecule has 0 fully saturated rings. The van der Waals surface area contributed by atoms with E-state index in [1.807, 2.05) is 6.92 Å². The van der Waals surface area contributed by atoms with Crippen LogP contribution in [0.3, 0.4) is 0 Å². The van der Waals surface area contributed by atoms with Crippen molar-refractivity contribution < 1.29 is 64.3 Å². The number of rotatable bonds is 3. The molecule has 1 aromatic rings. The van der Waals surface area contributed by atoms with Crippen LogP contribution >= 0.6 is 0 Å². The van der Waals surface area contributed by atoms with Crippen molar-refractivity contribution in [1.29, 1.82) is 0 Å². The number of hydrogen-bond acceptors (Lipinski definition) is 2. The van der Waals surface area contributed by atoms with Gasteiger partial charge in [0.15, 0.2) is 0 Å². The summed E-state index contributed by atoms with van der Waals surface area (Å²) in [5.74, 6) is 0.568. The Hall–Kier alpha value is 0.571. The molecule has 0 bridgehead atoms. The zero-order chi connectivity index (χ0) is 9.90. The third-order valence-corrected chi connectivity index (χ3v) is 1.54. The summed E-state index contributed by atoms with van der Waals surface area (Å²) in [6.45, 7) is -2.93. The summed E-state index contributed by atoms with van der Waals surface area (Å²) in [6, 6.07) is 0. The summed E-state index contributed by atoms with van der Waals surface area (Å²) in [6.07, 6.45) is 2.21. The molecule has 72 valence electrons. The van der Waals surface area contributed by atoms with E-state index in [1.165, 1.54) is 12.4 Å². The molecule has 0 N–H and O–H groups in total. The number of hydrogen-bond donors (Lipinski definition) is 0. The molecule has 0 saturated heterocycles. The summed E-state index contributed by atoms with van der Waals surface area (Å²) in [7, 11) is 0. The SMILES string of the molecule is CCc1ncc(C[B-](F)(F)F)cn1.[K+]. The normalized spacial score (nSPS) is 10.9. The Morgan fingerprint density at radius 1 is 1.21 bits per heavy atom. The van der Waals surface area contributed by atoms with Gasteiger partial charge in [-0.15, -0.1) is 0 Å². The van der Waals surface area contributed by atoms with Crippen molar-refractivity contribution in [2.24, 2.45) is 0 Å². The Bertz CT molecular complexity index is 275. The molecule has 0 atom stereocenters. The predicted octanol–water partition coefficient (Wildman–Crippen LogP) is -1.03. The Morgan fingerprint density at radius 3 is 2.07 bits per heavy atom. The second-order valence-corrected chi connectivity index (χ2v) is 2.78. The van der Waals surface area contributed by atoms with E-state index in [1.54, 1.807) is 0 Å². The largest absolute Gasteiger partial charge is 1.00 e. The van der Waals surface area contributed by atoms with Gasteiger partial charge in [-0.1, -0.05) is 13.2 Å². The molecule has 0 aliphatic heterocycles. The number of aryl methyl sites for hydroxylation is 1. The van der Waals surface area contributed by atoms with Crippen LogP contribution < -0.4 is 51.4 Å². The van der Waals surface area contributed by atoms with Crippen molar-refractivity contribution in [3.63, 3.8) is 0 Å². The summed E-state index contributed by atoms with van der Waals surface area (Å²) in [5.41, 5.74) is 0.129. The van der Waals surface area contributed by atoms with Crippen molar-refractivity contribution >= 4 is 6.98 Å². The fourth-order valence-corrected chi connectivity index (χ4v) is 0.937. The van der Waals surface area contributed by atoms with E-state index in [0.29, 0.717) is 12.2 Å². The second-order valence-electron chi connectivity index (χ2n) is 2.78. The maximum absolute atomic E-state index is 11.9. The van der Waals surface area contributed by atoms with Crippen LogP contribution in [0, 0.1) is 0 Å². The van der Waals surface area contributed by atoms with Crippen LogP contribution in [-0.4, -0.2) is 16.9 Å². The molecule has 0 aromatic carbocycles. The van der Waals surface area contributed by atoms with Gasteiger partial charge in [0.25, 0.3) is 0 Å². The molecule has 2 nitrogen and oxygen atoms in total. The van der Waals surface area contributed by atoms with Gasteiger partial charge in [-0.25, -0.2) is 9.97 Å². The van der Waals surface area contributed by atoms with Gasteiger partial charge in [0.05, 0.1) is 0 Å². The average Bonchev–Trinajstić information content (AvgIpc) is 2.03. The fourth-order valence-electron chi connectivity index (χ4n) is 0.937. The minimum absolute atomic E-state index is 0. The third-order valence-electron chi connectivity index (χ3n) is 1.54. The van der Waals surface area contributed by atoms with Crippen LogP contribution in [0.25, 0.3) is 0 Å². The molecule has 14 heavy (non-hydrogen) atoms. The first-order chi connectivity index (χ1) is 6.01. The quantitative estimate of drug-likeness (QED) is 0.618. The van der Waals surface area contributed by atoms with Crippen molar-refractivity contribution in [2.75, 3.05) is 0 Å². The first-order valence-electron chi connectivity index (χ1n) is 4.02. The van der Waals surface area contributed by atoms with E-state index in [-0.39, 0.29) is 56.9 Å². The van der Waals surface area contributed by atoms with Gasteiger partial charge >= 0.3 is 58.4 Å². The standard InChI is InChI=1S/C7H9BF3N2.K/c1-2-7-12-4-6(5-13-7)3-8(9,10)11;/h4-5H,2-3H2,1H3;/q-1;+1. The van der Waals surface area contributed by atoms with Gasteiger partial charge in [-0.3, -0.25) is 0 Å². The molecule has 0 spiro atoms. The van der Waals surface area contributed by atoms with Crippen molar-refractivity contribution in [3.8, 4) is 0 Å². The zero-order valence-electron chi connectivity index (χ0n) is 8.17. The molecular formula is C7H9BF3KN2. The van der Waals surface area contributed by atoms with Gasteiger partial charge in [-0.2, -0.15) is 0 Å². The second kappa shape index (κ2) is 6.22. The first kappa shape index (κ1) is 14.6. The van der Waals surface area contributed by atoms with E-state index >= 15 is 0 Å². The monoisotopic (exact) mass is 228 g/mol. The van der Waals surface area contributed by atoms with Gasteiger partial charge in [0.1, 0.15) is 5.82 Å². The molecular weight excluding hydrogens is 219 g/mol. The summed E-state index contributed by atoms with van der Waals surface area (Å²) >= 11 is 0. The van der Waals surface area contributed by atoms with Gasteiger partial charge < -0.3 is 12.9 Å². The number of halogens is 3. The molecule has 0 radical (unpaired) electrons. The number of aromatic nitrogens is 2. The van der Waals surface area contributed by atoms with Gasteiger partial charge in [0.2, 0.25) is 0 Å². The Morgan fingerprint density at radius 2 is 1.71 bits per heavy atom. The van der Waals surface area contributed by atoms with Gasteiger partial charge in [0, 0.05) is 18.8 Å². The zero-order valence-corrected chi connectivity index (χ0v) is 11.3. The van der Waals surface area contributed by atoms with Crippen LogP contribution in [0.5, 0.6) is 0 Å². The fraction of sp³-hybridized carbons (Fsp3) is 0.429. The summed E-state index contributed by atoms with van der Waals surface area (Å²) in [4.78, 5) is 7.56. The van der Waals surface area contributed by atoms with E-state index in [9.17, 15) is 12.9 Å². The van der Waals surface area contributed by atoms with E-state index < -0.39 is 13.3 Å². The van der Waals surface area contributed by atoms with E-state index in [2.05, 4.69) is 9.97 Å². The molecule has 0 unspecified atom stereocenters. The molecule has 0 amide bonds. The van der Waals surface area contributed by atoms with Crippen LogP contribution in [0.2, 0.25) is 0 Å². The molecule has 1 aromatic heterocycles. The van der Waals surface area contributed by atoms with E-state index in [0.717, 1.165) is 0 Å². The minimum atomic E-state index is -4.78. The van der Waals surface area contributed by atoms with E-state index in [4.69, 9.17) is 0 Å².